The predicted octanol–water partition coefficient (Wildman–Crippen LogP) is 3.07. The van der Waals surface area contributed by atoms with Crippen molar-refractivity contribution >= 4 is 17.8 Å². The van der Waals surface area contributed by atoms with Crippen LogP contribution < -0.4 is 0 Å². The number of carboxylic acids is 2. The summed E-state index contributed by atoms with van der Waals surface area (Å²) in [5.41, 5.74) is 4.16. The van der Waals surface area contributed by atoms with Crippen molar-refractivity contribution in [2.75, 3.05) is 26.2 Å². The van der Waals surface area contributed by atoms with Gasteiger partial charge in [0, 0.05) is 19.0 Å². The van der Waals surface area contributed by atoms with Gasteiger partial charge in [0.25, 0.3) is 0 Å². The van der Waals surface area contributed by atoms with Crippen molar-refractivity contribution in [3.8, 4) is 0 Å². The normalized spacial score (nSPS) is 16.3. The van der Waals surface area contributed by atoms with Gasteiger partial charge < -0.3 is 20.0 Å². The van der Waals surface area contributed by atoms with Gasteiger partial charge in [-0.25, -0.2) is 9.59 Å². The maximum atomic E-state index is 13.0. The quantitative estimate of drug-likeness (QED) is 0.677. The minimum Gasteiger partial charge on any atom is -0.473 e. The molecule has 0 saturated carbocycles. The molecule has 0 unspecified atom stereocenters. The second-order valence-corrected chi connectivity index (χ2v) is 8.59. The van der Waals surface area contributed by atoms with Crippen LogP contribution >= 0.6 is 0 Å². The SMILES string of the molecule is O=C(C1CCN(CCCc2ccccc2)CC1)N1CCc2ccccc2C1.O=C(O)C(=O)O. The van der Waals surface area contributed by atoms with Gasteiger partial charge in [-0.1, -0.05) is 54.6 Å². The second kappa shape index (κ2) is 12.2. The summed E-state index contributed by atoms with van der Waals surface area (Å²) in [6.07, 6.45) is 5.38. The Balaban J connectivity index is 0.000000454. The van der Waals surface area contributed by atoms with Crippen LogP contribution in [-0.4, -0.2) is 64.0 Å². The average Bonchev–Trinajstić information content (AvgIpc) is 2.85. The van der Waals surface area contributed by atoms with Crippen LogP contribution in [0.2, 0.25) is 0 Å². The largest absolute Gasteiger partial charge is 0.473 e. The molecule has 2 heterocycles. The topological polar surface area (TPSA) is 98.2 Å². The molecule has 1 saturated heterocycles. The lowest BCUT2D eigenvalue weighted by atomic mass is 9.93. The van der Waals surface area contributed by atoms with Gasteiger partial charge in [-0.3, -0.25) is 4.79 Å². The molecule has 7 nitrogen and oxygen atoms in total. The van der Waals surface area contributed by atoms with E-state index in [0.717, 1.165) is 58.4 Å². The van der Waals surface area contributed by atoms with E-state index in [1.54, 1.807) is 0 Å². The lowest BCUT2D eigenvalue weighted by Crippen LogP contribution is -2.44. The zero-order valence-corrected chi connectivity index (χ0v) is 18.9. The van der Waals surface area contributed by atoms with Crippen molar-refractivity contribution in [3.05, 3.63) is 71.3 Å². The number of likely N-dealkylation sites (tertiary alicyclic amines) is 1. The summed E-state index contributed by atoms with van der Waals surface area (Å²) in [5, 5.41) is 14.8. The molecule has 1 amide bonds. The van der Waals surface area contributed by atoms with Gasteiger partial charge in [0.1, 0.15) is 0 Å². The van der Waals surface area contributed by atoms with Crippen LogP contribution in [0.3, 0.4) is 0 Å². The van der Waals surface area contributed by atoms with Crippen LogP contribution in [0.15, 0.2) is 54.6 Å². The highest BCUT2D eigenvalue weighted by molar-refractivity contribution is 6.27. The van der Waals surface area contributed by atoms with Crippen molar-refractivity contribution in [2.45, 2.75) is 38.6 Å². The molecule has 2 N–H and O–H groups in total. The van der Waals surface area contributed by atoms with Crippen LogP contribution in [0.4, 0.5) is 0 Å². The Bertz CT molecular complexity index is 927. The van der Waals surface area contributed by atoms with Crippen molar-refractivity contribution in [3.63, 3.8) is 0 Å². The third kappa shape index (κ3) is 7.43. The van der Waals surface area contributed by atoms with Gasteiger partial charge in [-0.2, -0.15) is 0 Å². The predicted molar refractivity (Wildman–Crippen MR) is 125 cm³/mol. The first-order valence-electron chi connectivity index (χ1n) is 11.5. The molecule has 0 radical (unpaired) electrons. The van der Waals surface area contributed by atoms with Crippen LogP contribution in [0.1, 0.15) is 36.0 Å². The fourth-order valence-electron chi connectivity index (χ4n) is 4.50. The molecule has 0 aliphatic carbocycles. The highest BCUT2D eigenvalue weighted by Gasteiger charge is 2.30. The molecule has 7 heteroatoms. The van der Waals surface area contributed by atoms with Gasteiger partial charge in [-0.15, -0.1) is 0 Å². The Hall–Kier alpha value is -3.19. The summed E-state index contributed by atoms with van der Waals surface area (Å²) in [7, 11) is 0. The molecule has 0 aromatic heterocycles. The first kappa shape index (κ1) is 24.5. The van der Waals surface area contributed by atoms with Crippen molar-refractivity contribution in [1.29, 1.82) is 0 Å². The number of carbonyl (C=O) groups is 3. The van der Waals surface area contributed by atoms with E-state index in [-0.39, 0.29) is 5.92 Å². The third-order valence-corrected chi connectivity index (χ3v) is 6.34. The molecule has 2 aromatic carbocycles. The second-order valence-electron chi connectivity index (χ2n) is 8.59. The van der Waals surface area contributed by atoms with E-state index in [2.05, 4.69) is 64.4 Å². The summed E-state index contributed by atoms with van der Waals surface area (Å²) in [6.45, 7) is 4.96. The van der Waals surface area contributed by atoms with E-state index in [1.807, 2.05) is 0 Å². The molecular formula is C26H32N2O5. The number of piperidine rings is 1. The minimum atomic E-state index is -1.82. The summed E-state index contributed by atoms with van der Waals surface area (Å²) < 4.78 is 0. The molecule has 1 fully saturated rings. The molecule has 0 spiro atoms. The Morgan fingerprint density at radius 3 is 2.06 bits per heavy atom. The number of rotatable bonds is 5. The highest BCUT2D eigenvalue weighted by atomic mass is 16.4. The Morgan fingerprint density at radius 1 is 0.818 bits per heavy atom. The molecule has 0 atom stereocenters. The van der Waals surface area contributed by atoms with Crippen molar-refractivity contribution in [1.82, 2.24) is 9.80 Å². The van der Waals surface area contributed by atoms with Crippen LogP contribution in [0.5, 0.6) is 0 Å². The van der Waals surface area contributed by atoms with Gasteiger partial charge >= 0.3 is 11.9 Å². The number of aryl methyl sites for hydroxylation is 1. The van der Waals surface area contributed by atoms with E-state index < -0.39 is 11.9 Å². The van der Waals surface area contributed by atoms with Crippen LogP contribution in [-0.2, 0) is 33.8 Å². The number of nitrogens with zero attached hydrogens (tertiary/aromatic N) is 2. The van der Waals surface area contributed by atoms with E-state index in [1.165, 1.54) is 23.1 Å². The van der Waals surface area contributed by atoms with E-state index in [0.29, 0.717) is 5.91 Å². The lowest BCUT2D eigenvalue weighted by Gasteiger charge is -2.36. The number of fused-ring (bicyclic) bond motifs is 1. The van der Waals surface area contributed by atoms with Crippen LogP contribution in [0.25, 0.3) is 0 Å². The van der Waals surface area contributed by atoms with Crippen LogP contribution in [0, 0.1) is 5.92 Å². The molecule has 2 aliphatic rings. The summed E-state index contributed by atoms with van der Waals surface area (Å²) >= 11 is 0. The molecule has 176 valence electrons. The van der Waals surface area contributed by atoms with E-state index in [4.69, 9.17) is 19.8 Å². The lowest BCUT2D eigenvalue weighted by molar-refractivity contribution is -0.159. The maximum absolute atomic E-state index is 13.0. The van der Waals surface area contributed by atoms with Gasteiger partial charge in [0.05, 0.1) is 0 Å². The monoisotopic (exact) mass is 452 g/mol. The number of hydrogen-bond acceptors (Lipinski definition) is 4. The average molecular weight is 453 g/mol. The molecule has 4 rings (SSSR count). The fraction of sp³-hybridized carbons (Fsp3) is 0.423. The number of carboxylic acid groups (broad SMARTS) is 2. The summed E-state index contributed by atoms with van der Waals surface area (Å²) in [4.78, 5) is 35.8. The van der Waals surface area contributed by atoms with Crippen molar-refractivity contribution in [2.24, 2.45) is 5.92 Å². The standard InChI is InChI=1S/C24H30N2O.C2H2O4/c27-24(26-18-14-21-10-4-5-11-23(21)19-26)22-12-16-25(17-13-22)15-6-9-20-7-2-1-3-8-20;3-1(4)2(5)6/h1-5,7-8,10-11,22H,6,9,12-19H2;(H,3,4)(H,5,6). The first-order chi connectivity index (χ1) is 15.9. The molecule has 33 heavy (non-hydrogen) atoms. The number of hydrogen-bond donors (Lipinski definition) is 2. The van der Waals surface area contributed by atoms with Gasteiger partial charge in [0.15, 0.2) is 0 Å². The first-order valence-corrected chi connectivity index (χ1v) is 11.5. The minimum absolute atomic E-state index is 0.223. The van der Waals surface area contributed by atoms with Gasteiger partial charge in [-0.05, 0) is 68.4 Å². The Morgan fingerprint density at radius 2 is 1.42 bits per heavy atom. The van der Waals surface area contributed by atoms with Crippen molar-refractivity contribution < 1.29 is 24.6 Å². The molecule has 2 aromatic rings. The molecule has 2 aliphatic heterocycles. The summed E-state index contributed by atoms with van der Waals surface area (Å²) in [6, 6.07) is 19.3. The zero-order valence-electron chi connectivity index (χ0n) is 18.9. The summed E-state index contributed by atoms with van der Waals surface area (Å²) in [5.74, 6) is -3.04. The van der Waals surface area contributed by atoms with E-state index in [9.17, 15) is 4.79 Å². The fourth-order valence-corrected chi connectivity index (χ4v) is 4.50. The molecule has 0 bridgehead atoms. The van der Waals surface area contributed by atoms with E-state index >= 15 is 0 Å². The smallest absolute Gasteiger partial charge is 0.414 e. The number of aliphatic carboxylic acids is 2. The number of amides is 1. The number of carbonyl (C=O) groups excluding carboxylic acids is 1. The Kier molecular flexibility index (Phi) is 9.01. The third-order valence-electron chi connectivity index (χ3n) is 6.34. The maximum Gasteiger partial charge on any atom is 0.414 e. The Labute approximate surface area is 194 Å². The number of benzene rings is 2. The zero-order chi connectivity index (χ0) is 23.6. The molecular weight excluding hydrogens is 420 g/mol. The highest BCUT2D eigenvalue weighted by Crippen LogP contribution is 2.24. The van der Waals surface area contributed by atoms with Gasteiger partial charge in [0.2, 0.25) is 5.91 Å².